The van der Waals surface area contributed by atoms with Crippen molar-refractivity contribution in [3.05, 3.63) is 59.1 Å². The molecule has 2 aromatic carbocycles. The highest BCUT2D eigenvalue weighted by molar-refractivity contribution is 6.30. The van der Waals surface area contributed by atoms with Crippen LogP contribution in [0.25, 0.3) is 0 Å². The number of anilines is 1. The molecule has 2 aromatic rings. The summed E-state index contributed by atoms with van der Waals surface area (Å²) in [4.78, 5) is 33.0. The summed E-state index contributed by atoms with van der Waals surface area (Å²) in [6.45, 7) is 1.60. The van der Waals surface area contributed by atoms with Gasteiger partial charge in [0.1, 0.15) is 11.8 Å². The first-order valence-electron chi connectivity index (χ1n) is 8.72. The number of amides is 3. The lowest BCUT2D eigenvalue weighted by molar-refractivity contribution is -0.136. The monoisotopic (exact) mass is 421 g/mol. The highest BCUT2D eigenvalue weighted by Gasteiger charge is 2.18. The van der Waals surface area contributed by atoms with Gasteiger partial charge in [-0.1, -0.05) is 30.7 Å². The van der Waals surface area contributed by atoms with Crippen molar-refractivity contribution in [2.45, 2.75) is 25.8 Å². The van der Waals surface area contributed by atoms with Crippen molar-refractivity contribution in [1.82, 2.24) is 5.32 Å². The zero-order chi connectivity index (χ0) is 21.8. The molecule has 0 aliphatic carbocycles. The van der Waals surface area contributed by atoms with E-state index in [1.54, 1.807) is 50.4 Å². The Bertz CT molecular complexity index is 810. The van der Waals surface area contributed by atoms with Crippen molar-refractivity contribution in [2.75, 3.05) is 12.4 Å². The molecule has 0 aliphatic rings. The van der Waals surface area contributed by atoms with Crippen LogP contribution in [0.15, 0.2) is 48.5 Å². The third-order valence-electron chi connectivity index (χ3n) is 3.65. The van der Waals surface area contributed by atoms with Crippen LogP contribution in [-0.4, -0.2) is 36.2 Å². The molecule has 0 aliphatic heterocycles. The molecule has 156 valence electrons. The molecule has 3 amide bonds. The van der Waals surface area contributed by atoms with Gasteiger partial charge < -0.3 is 26.2 Å². The Balaban J connectivity index is 0.000000749. The van der Waals surface area contributed by atoms with Crippen molar-refractivity contribution in [3.63, 3.8) is 0 Å². The second kappa shape index (κ2) is 12.2. The number of carbonyl (C=O) groups excluding carboxylic acids is 2. The summed E-state index contributed by atoms with van der Waals surface area (Å²) in [6, 6.07) is 12.5. The van der Waals surface area contributed by atoms with E-state index in [-0.39, 0.29) is 12.8 Å². The number of halogens is 1. The maximum Gasteiger partial charge on any atom is 0.319 e. The minimum atomic E-state index is -0.828. The second-order valence-electron chi connectivity index (χ2n) is 5.86. The van der Waals surface area contributed by atoms with Crippen LogP contribution in [0.1, 0.15) is 18.9 Å². The van der Waals surface area contributed by atoms with Crippen molar-refractivity contribution < 1.29 is 24.2 Å². The van der Waals surface area contributed by atoms with Crippen LogP contribution in [0.2, 0.25) is 5.02 Å². The Morgan fingerprint density at radius 1 is 1.10 bits per heavy atom. The van der Waals surface area contributed by atoms with E-state index in [2.05, 4.69) is 10.6 Å². The number of methoxy groups -OCH3 is 1. The van der Waals surface area contributed by atoms with Gasteiger partial charge in [-0.05, 0) is 42.0 Å². The summed E-state index contributed by atoms with van der Waals surface area (Å²) < 4.78 is 5.08. The van der Waals surface area contributed by atoms with Gasteiger partial charge in [0.05, 0.1) is 7.11 Å². The minimum Gasteiger partial charge on any atom is -0.497 e. The zero-order valence-electron chi connectivity index (χ0n) is 16.1. The number of carboxylic acids is 1. The molecule has 0 radical (unpaired) electrons. The number of ether oxygens (including phenoxy) is 1. The molecule has 0 saturated carbocycles. The molecule has 1 atom stereocenters. The molecule has 8 nitrogen and oxygen atoms in total. The number of primary amides is 1. The Morgan fingerprint density at radius 2 is 1.66 bits per heavy atom. The van der Waals surface area contributed by atoms with Crippen LogP contribution in [0, 0.1) is 0 Å². The summed E-state index contributed by atoms with van der Waals surface area (Å²) in [5.41, 5.74) is 6.79. The Labute approximate surface area is 174 Å². The Morgan fingerprint density at radius 3 is 2.10 bits per heavy atom. The smallest absolute Gasteiger partial charge is 0.319 e. The van der Waals surface area contributed by atoms with Gasteiger partial charge >= 0.3 is 12.0 Å². The van der Waals surface area contributed by atoms with E-state index in [4.69, 9.17) is 27.2 Å². The van der Waals surface area contributed by atoms with E-state index >= 15 is 0 Å². The van der Waals surface area contributed by atoms with Gasteiger partial charge in [0.15, 0.2) is 0 Å². The van der Waals surface area contributed by atoms with E-state index in [1.165, 1.54) is 0 Å². The van der Waals surface area contributed by atoms with Crippen LogP contribution in [-0.2, 0) is 16.0 Å². The number of hydrogen-bond acceptors (Lipinski definition) is 4. The van der Waals surface area contributed by atoms with Crippen molar-refractivity contribution in [3.8, 4) is 5.75 Å². The Kier molecular flexibility index (Phi) is 10.0. The Hall–Kier alpha value is -3.26. The maximum atomic E-state index is 12.0. The number of rotatable bonds is 7. The molecule has 0 spiro atoms. The van der Waals surface area contributed by atoms with Gasteiger partial charge in [0.25, 0.3) is 0 Å². The van der Waals surface area contributed by atoms with Gasteiger partial charge in [-0.15, -0.1) is 0 Å². The molecule has 0 bridgehead atoms. The van der Waals surface area contributed by atoms with Crippen LogP contribution < -0.4 is 21.1 Å². The second-order valence-corrected chi connectivity index (χ2v) is 6.30. The van der Waals surface area contributed by atoms with Crippen LogP contribution in [0.4, 0.5) is 10.5 Å². The molecule has 0 saturated heterocycles. The molecule has 0 aromatic heterocycles. The largest absolute Gasteiger partial charge is 0.497 e. The van der Waals surface area contributed by atoms with Gasteiger partial charge in [-0.2, -0.15) is 0 Å². The van der Waals surface area contributed by atoms with Gasteiger partial charge in [0, 0.05) is 23.6 Å². The summed E-state index contributed by atoms with van der Waals surface area (Å²) in [7, 11) is 1.57. The van der Waals surface area contributed by atoms with E-state index in [9.17, 15) is 14.4 Å². The van der Waals surface area contributed by atoms with E-state index in [0.717, 1.165) is 5.56 Å². The van der Waals surface area contributed by atoms with Crippen LogP contribution >= 0.6 is 11.6 Å². The molecule has 29 heavy (non-hydrogen) atoms. The summed E-state index contributed by atoms with van der Waals surface area (Å²) >= 11 is 5.79. The molecule has 0 heterocycles. The summed E-state index contributed by atoms with van der Waals surface area (Å²) in [6.07, 6.45) is 0.507. The predicted octanol–water partition coefficient (Wildman–Crippen LogP) is 3.05. The number of nitrogens with two attached hydrogens (primary N) is 1. The topological polar surface area (TPSA) is 131 Å². The number of carboxylic acid groups (broad SMARTS) is 1. The number of urea groups is 1. The van der Waals surface area contributed by atoms with Crippen LogP contribution in [0.3, 0.4) is 0 Å². The quantitative estimate of drug-likeness (QED) is 0.545. The van der Waals surface area contributed by atoms with Gasteiger partial charge in [-0.25, -0.2) is 4.79 Å². The molecule has 5 N–H and O–H groups in total. The average Bonchev–Trinajstić information content (AvgIpc) is 2.70. The third-order valence-corrected chi connectivity index (χ3v) is 3.90. The normalized spacial score (nSPS) is 10.7. The summed E-state index contributed by atoms with van der Waals surface area (Å²) in [5.74, 6) is -0.648. The first kappa shape index (κ1) is 23.8. The molecule has 1 unspecified atom stereocenters. The summed E-state index contributed by atoms with van der Waals surface area (Å²) in [5, 5.41) is 13.5. The number of benzene rings is 2. The lowest BCUT2D eigenvalue weighted by Crippen LogP contribution is -2.47. The molecular weight excluding hydrogens is 398 g/mol. The van der Waals surface area contributed by atoms with E-state index in [1.807, 2.05) is 12.1 Å². The standard InChI is InChI=1S/C17H18ClN3O3.C3H6O2/c1-24-14-8-2-11(3-9-14)10-15(16(19)22)21-17(23)20-13-6-4-12(18)5-7-13;1-2-3(4)5/h2-9,15H,10H2,1H3,(H2,19,22)(H2,20,21,23);2H2,1H3,(H,4,5). The van der Waals surface area contributed by atoms with Crippen LogP contribution in [0.5, 0.6) is 5.75 Å². The lowest BCUT2D eigenvalue weighted by Gasteiger charge is -2.16. The highest BCUT2D eigenvalue weighted by Crippen LogP contribution is 2.14. The number of carbonyl (C=O) groups is 3. The molecule has 0 fully saturated rings. The van der Waals surface area contributed by atoms with Crippen molar-refractivity contribution in [1.29, 1.82) is 0 Å². The van der Waals surface area contributed by atoms with Gasteiger partial charge in [-0.3, -0.25) is 9.59 Å². The van der Waals surface area contributed by atoms with Crippen molar-refractivity contribution in [2.24, 2.45) is 5.73 Å². The molecule has 2 rings (SSSR count). The average molecular weight is 422 g/mol. The maximum absolute atomic E-state index is 12.0. The van der Waals surface area contributed by atoms with E-state index in [0.29, 0.717) is 16.5 Å². The number of aliphatic carboxylic acids is 1. The minimum absolute atomic E-state index is 0.222. The highest BCUT2D eigenvalue weighted by atomic mass is 35.5. The zero-order valence-corrected chi connectivity index (χ0v) is 16.9. The molecule has 9 heteroatoms. The first-order chi connectivity index (χ1) is 13.7. The number of hydrogen-bond donors (Lipinski definition) is 4. The third kappa shape index (κ3) is 9.48. The first-order valence-corrected chi connectivity index (χ1v) is 9.10. The van der Waals surface area contributed by atoms with E-state index < -0.39 is 23.9 Å². The fourth-order valence-electron chi connectivity index (χ4n) is 2.08. The predicted molar refractivity (Wildman–Crippen MR) is 111 cm³/mol. The fourth-order valence-corrected chi connectivity index (χ4v) is 2.20. The SMILES string of the molecule is CCC(=O)O.COc1ccc(CC(NC(=O)Nc2ccc(Cl)cc2)C(N)=O)cc1. The molecular formula is C20H24ClN3O5. The van der Waals surface area contributed by atoms with Crippen molar-refractivity contribution >= 4 is 35.2 Å². The fraction of sp³-hybridized carbons (Fsp3) is 0.250. The lowest BCUT2D eigenvalue weighted by atomic mass is 10.1. The van der Waals surface area contributed by atoms with Gasteiger partial charge in [0.2, 0.25) is 5.91 Å². The number of nitrogens with one attached hydrogen (secondary N) is 2.